The molecule has 0 aromatic heterocycles. The van der Waals surface area contributed by atoms with E-state index in [9.17, 15) is 14.4 Å². The number of hydrogen-bond acceptors (Lipinski definition) is 5. The quantitative estimate of drug-likeness (QED) is 0.445. The molecule has 0 spiro atoms. The Bertz CT molecular complexity index is 876. The van der Waals surface area contributed by atoms with E-state index in [1.165, 1.54) is 6.92 Å². The standard InChI is InChI=1S/C21H21NO5/c1-3-26-19-11-7-5-9-17(19)22-13-15(12-20(22)24)21(25)27-18-10-6-4-8-16(18)14(2)23/h4-11,15H,3,12-13H2,1-2H3/t15-/m0/s1. The van der Waals surface area contributed by atoms with Crippen LogP contribution in [0.1, 0.15) is 30.6 Å². The summed E-state index contributed by atoms with van der Waals surface area (Å²) in [6, 6.07) is 13.8. The molecule has 1 saturated heterocycles. The fourth-order valence-electron chi connectivity index (χ4n) is 3.09. The molecule has 1 amide bonds. The molecule has 1 aliphatic rings. The Morgan fingerprint density at radius 1 is 1.07 bits per heavy atom. The first-order valence-corrected chi connectivity index (χ1v) is 8.85. The summed E-state index contributed by atoms with van der Waals surface area (Å²) in [6.07, 6.45) is 0.0571. The number of esters is 1. The number of amides is 1. The first-order valence-electron chi connectivity index (χ1n) is 8.85. The average Bonchev–Trinajstić information content (AvgIpc) is 3.04. The van der Waals surface area contributed by atoms with E-state index in [-0.39, 0.29) is 30.4 Å². The van der Waals surface area contributed by atoms with Crippen molar-refractivity contribution >= 4 is 23.3 Å². The lowest BCUT2D eigenvalue weighted by Gasteiger charge is -2.20. The molecule has 0 aliphatic carbocycles. The van der Waals surface area contributed by atoms with Gasteiger partial charge in [-0.05, 0) is 38.1 Å². The molecular formula is C21H21NO5. The lowest BCUT2D eigenvalue weighted by molar-refractivity contribution is -0.139. The van der Waals surface area contributed by atoms with E-state index in [1.54, 1.807) is 41.3 Å². The summed E-state index contributed by atoms with van der Waals surface area (Å²) in [6.45, 7) is 3.98. The summed E-state index contributed by atoms with van der Waals surface area (Å²) in [5.74, 6) is -0.655. The summed E-state index contributed by atoms with van der Waals surface area (Å²) in [5.41, 5.74) is 0.984. The number of para-hydroxylation sites is 3. The van der Waals surface area contributed by atoms with Crippen LogP contribution in [0.25, 0.3) is 0 Å². The summed E-state index contributed by atoms with van der Waals surface area (Å²) in [4.78, 5) is 38.3. The fourth-order valence-corrected chi connectivity index (χ4v) is 3.09. The third-order valence-corrected chi connectivity index (χ3v) is 4.39. The Hall–Kier alpha value is -3.15. The van der Waals surface area contributed by atoms with Crippen molar-refractivity contribution in [2.45, 2.75) is 20.3 Å². The molecule has 0 bridgehead atoms. The second kappa shape index (κ2) is 8.03. The van der Waals surface area contributed by atoms with Gasteiger partial charge in [-0.15, -0.1) is 0 Å². The predicted octanol–water partition coefficient (Wildman–Crippen LogP) is 3.25. The van der Waals surface area contributed by atoms with Crippen LogP contribution in [0.5, 0.6) is 11.5 Å². The number of ether oxygens (including phenoxy) is 2. The molecule has 1 atom stereocenters. The van der Waals surface area contributed by atoms with Crippen LogP contribution in [0, 0.1) is 5.92 Å². The predicted molar refractivity (Wildman–Crippen MR) is 100 cm³/mol. The number of carbonyl (C=O) groups excluding carboxylic acids is 3. The number of nitrogens with zero attached hydrogens (tertiary/aromatic N) is 1. The molecule has 6 nitrogen and oxygen atoms in total. The van der Waals surface area contributed by atoms with Gasteiger partial charge in [-0.2, -0.15) is 0 Å². The van der Waals surface area contributed by atoms with Gasteiger partial charge in [0, 0.05) is 13.0 Å². The van der Waals surface area contributed by atoms with Crippen LogP contribution in [0.4, 0.5) is 5.69 Å². The molecule has 3 rings (SSSR count). The van der Waals surface area contributed by atoms with Crippen LogP contribution in [0.3, 0.4) is 0 Å². The van der Waals surface area contributed by atoms with E-state index in [4.69, 9.17) is 9.47 Å². The number of carbonyl (C=O) groups is 3. The van der Waals surface area contributed by atoms with Gasteiger partial charge in [0.05, 0.1) is 23.8 Å². The topological polar surface area (TPSA) is 72.9 Å². The van der Waals surface area contributed by atoms with Crippen molar-refractivity contribution in [3.05, 3.63) is 54.1 Å². The van der Waals surface area contributed by atoms with Gasteiger partial charge < -0.3 is 14.4 Å². The van der Waals surface area contributed by atoms with Crippen LogP contribution in [-0.4, -0.2) is 30.8 Å². The maximum atomic E-state index is 12.6. The van der Waals surface area contributed by atoms with Gasteiger partial charge in [-0.3, -0.25) is 14.4 Å². The maximum absolute atomic E-state index is 12.6. The van der Waals surface area contributed by atoms with Crippen molar-refractivity contribution in [2.75, 3.05) is 18.1 Å². The van der Waals surface area contributed by atoms with Crippen molar-refractivity contribution in [3.63, 3.8) is 0 Å². The highest BCUT2D eigenvalue weighted by molar-refractivity contribution is 6.01. The Balaban J connectivity index is 1.76. The molecular weight excluding hydrogens is 346 g/mol. The number of benzene rings is 2. The van der Waals surface area contributed by atoms with Crippen molar-refractivity contribution in [3.8, 4) is 11.5 Å². The summed E-state index contributed by atoms with van der Waals surface area (Å²) >= 11 is 0. The number of ketones is 1. The number of anilines is 1. The number of hydrogen-bond donors (Lipinski definition) is 0. The molecule has 1 heterocycles. The maximum Gasteiger partial charge on any atom is 0.316 e. The van der Waals surface area contributed by atoms with E-state index in [1.807, 2.05) is 19.1 Å². The van der Waals surface area contributed by atoms with Gasteiger partial charge in [-0.25, -0.2) is 0 Å². The van der Waals surface area contributed by atoms with Gasteiger partial charge in [0.25, 0.3) is 0 Å². The van der Waals surface area contributed by atoms with E-state index < -0.39 is 11.9 Å². The fraction of sp³-hybridized carbons (Fsp3) is 0.286. The molecule has 140 valence electrons. The zero-order valence-electron chi connectivity index (χ0n) is 15.3. The summed E-state index contributed by atoms with van der Waals surface area (Å²) in [7, 11) is 0. The van der Waals surface area contributed by atoms with E-state index in [2.05, 4.69) is 0 Å². The Morgan fingerprint density at radius 3 is 2.44 bits per heavy atom. The molecule has 0 saturated carbocycles. The molecule has 6 heteroatoms. The van der Waals surface area contributed by atoms with E-state index in [0.29, 0.717) is 23.6 Å². The minimum Gasteiger partial charge on any atom is -0.492 e. The zero-order chi connectivity index (χ0) is 19.4. The molecule has 2 aromatic rings. The van der Waals surface area contributed by atoms with Crippen molar-refractivity contribution in [1.82, 2.24) is 0 Å². The molecule has 0 unspecified atom stereocenters. The molecule has 0 N–H and O–H groups in total. The first-order chi connectivity index (χ1) is 13.0. The van der Waals surface area contributed by atoms with E-state index in [0.717, 1.165) is 0 Å². The van der Waals surface area contributed by atoms with Gasteiger partial charge in [0.2, 0.25) is 5.91 Å². The molecule has 27 heavy (non-hydrogen) atoms. The molecule has 2 aromatic carbocycles. The third-order valence-electron chi connectivity index (χ3n) is 4.39. The van der Waals surface area contributed by atoms with E-state index >= 15 is 0 Å². The van der Waals surface area contributed by atoms with Crippen LogP contribution < -0.4 is 14.4 Å². The van der Waals surface area contributed by atoms with Gasteiger partial charge in [-0.1, -0.05) is 24.3 Å². The minimum absolute atomic E-state index is 0.0571. The second-order valence-corrected chi connectivity index (χ2v) is 6.28. The smallest absolute Gasteiger partial charge is 0.316 e. The SMILES string of the molecule is CCOc1ccccc1N1C[C@@H](C(=O)Oc2ccccc2C(C)=O)CC1=O. The van der Waals surface area contributed by atoms with Crippen molar-refractivity contribution in [1.29, 1.82) is 0 Å². The highest BCUT2D eigenvalue weighted by atomic mass is 16.5. The number of rotatable bonds is 6. The highest BCUT2D eigenvalue weighted by Gasteiger charge is 2.37. The van der Waals surface area contributed by atoms with Crippen molar-refractivity contribution < 1.29 is 23.9 Å². The lowest BCUT2D eigenvalue weighted by atomic mass is 10.1. The van der Waals surface area contributed by atoms with Crippen molar-refractivity contribution in [2.24, 2.45) is 5.92 Å². The average molecular weight is 367 g/mol. The van der Waals surface area contributed by atoms with Crippen LogP contribution in [-0.2, 0) is 9.59 Å². The summed E-state index contributed by atoms with van der Waals surface area (Å²) < 4.78 is 11.0. The zero-order valence-corrected chi connectivity index (χ0v) is 15.3. The normalized spacial score (nSPS) is 16.3. The van der Waals surface area contributed by atoms with Crippen LogP contribution in [0.15, 0.2) is 48.5 Å². The van der Waals surface area contributed by atoms with Gasteiger partial charge >= 0.3 is 5.97 Å². The first kappa shape index (κ1) is 18.6. The van der Waals surface area contributed by atoms with Gasteiger partial charge in [0.1, 0.15) is 11.5 Å². The molecule has 1 aliphatic heterocycles. The monoisotopic (exact) mass is 367 g/mol. The summed E-state index contributed by atoms with van der Waals surface area (Å²) in [5, 5.41) is 0. The third kappa shape index (κ3) is 4.00. The second-order valence-electron chi connectivity index (χ2n) is 6.28. The lowest BCUT2D eigenvalue weighted by Crippen LogP contribution is -2.28. The largest absolute Gasteiger partial charge is 0.492 e. The Labute approximate surface area is 157 Å². The highest BCUT2D eigenvalue weighted by Crippen LogP contribution is 2.33. The van der Waals surface area contributed by atoms with Crippen LogP contribution in [0.2, 0.25) is 0 Å². The Kier molecular flexibility index (Phi) is 5.54. The Morgan fingerprint density at radius 2 is 1.74 bits per heavy atom. The number of Topliss-reactive ketones (excluding diaryl/α,β-unsaturated/α-hetero) is 1. The van der Waals surface area contributed by atoms with Crippen LogP contribution >= 0.6 is 0 Å². The molecule has 1 fully saturated rings. The van der Waals surface area contributed by atoms with Gasteiger partial charge in [0.15, 0.2) is 5.78 Å². The molecule has 0 radical (unpaired) electrons. The minimum atomic E-state index is -0.604.